The summed E-state index contributed by atoms with van der Waals surface area (Å²) < 4.78 is 11.1. The molecule has 0 amide bonds. The first-order valence-electron chi connectivity index (χ1n) is 7.04. The van der Waals surface area contributed by atoms with Gasteiger partial charge in [0.05, 0.1) is 19.1 Å². The Bertz CT molecular complexity index is 632. The number of fused-ring (bicyclic) bond motifs is 1. The number of hydrogen-bond acceptors (Lipinski definition) is 4. The van der Waals surface area contributed by atoms with Crippen molar-refractivity contribution >= 4 is 16.8 Å². The second kappa shape index (κ2) is 5.38. The second-order valence-corrected chi connectivity index (χ2v) is 5.32. The van der Waals surface area contributed by atoms with Gasteiger partial charge in [0.2, 0.25) is 5.78 Å². The van der Waals surface area contributed by atoms with Gasteiger partial charge in [-0.1, -0.05) is 18.6 Å². The van der Waals surface area contributed by atoms with Crippen molar-refractivity contribution in [1.82, 2.24) is 5.32 Å². The van der Waals surface area contributed by atoms with Gasteiger partial charge in [0.25, 0.3) is 0 Å². The largest absolute Gasteiger partial charge is 0.453 e. The van der Waals surface area contributed by atoms with Crippen LogP contribution in [0.2, 0.25) is 0 Å². The highest BCUT2D eigenvalue weighted by Gasteiger charge is 2.35. The van der Waals surface area contributed by atoms with E-state index in [9.17, 15) is 4.79 Å². The van der Waals surface area contributed by atoms with Crippen LogP contribution >= 0.6 is 0 Å². The van der Waals surface area contributed by atoms with Crippen LogP contribution in [0.25, 0.3) is 11.0 Å². The van der Waals surface area contributed by atoms with Crippen molar-refractivity contribution in [3.05, 3.63) is 35.6 Å². The van der Waals surface area contributed by atoms with Crippen LogP contribution in [0.5, 0.6) is 0 Å². The highest BCUT2D eigenvalue weighted by Crippen LogP contribution is 2.25. The lowest BCUT2D eigenvalue weighted by Gasteiger charge is -2.15. The van der Waals surface area contributed by atoms with Crippen LogP contribution in [0.15, 0.2) is 28.7 Å². The average molecular weight is 273 g/mol. The zero-order chi connectivity index (χ0) is 14.1. The minimum absolute atomic E-state index is 0.0299. The number of likely N-dealkylation sites (N-methyl/N-ethyl adjacent to an activating group) is 1. The van der Waals surface area contributed by atoms with Gasteiger partial charge in [-0.15, -0.1) is 0 Å². The number of carbonyl (C=O) groups excluding carboxylic acids is 1. The molecule has 0 radical (unpaired) electrons. The van der Waals surface area contributed by atoms with Crippen molar-refractivity contribution in [2.24, 2.45) is 5.92 Å². The standard InChI is InChI=1S/C16H19NO3/c1-3-17-13-9-19-8-12(13)16(18)15-7-11-6-10(2)4-5-14(11)20-15/h4-7,12-13,17H,3,8-9H2,1-2H3. The summed E-state index contributed by atoms with van der Waals surface area (Å²) in [5, 5.41) is 4.28. The van der Waals surface area contributed by atoms with E-state index in [0.29, 0.717) is 19.0 Å². The third kappa shape index (κ3) is 2.37. The van der Waals surface area contributed by atoms with Crippen LogP contribution < -0.4 is 5.32 Å². The minimum Gasteiger partial charge on any atom is -0.453 e. The van der Waals surface area contributed by atoms with Gasteiger partial charge in [-0.3, -0.25) is 4.79 Å². The Morgan fingerprint density at radius 2 is 2.20 bits per heavy atom. The first kappa shape index (κ1) is 13.3. The fourth-order valence-corrected chi connectivity index (χ4v) is 2.74. The summed E-state index contributed by atoms with van der Waals surface area (Å²) in [5.41, 5.74) is 1.92. The number of ketones is 1. The molecule has 1 fully saturated rings. The Morgan fingerprint density at radius 3 is 3.00 bits per heavy atom. The minimum atomic E-state index is -0.156. The third-order valence-corrected chi connectivity index (χ3v) is 3.80. The molecule has 2 heterocycles. The Balaban J connectivity index is 1.88. The molecule has 2 unspecified atom stereocenters. The van der Waals surface area contributed by atoms with Gasteiger partial charge in [-0.25, -0.2) is 0 Å². The van der Waals surface area contributed by atoms with E-state index in [-0.39, 0.29) is 17.7 Å². The number of benzene rings is 1. The first-order chi connectivity index (χ1) is 9.69. The SMILES string of the molecule is CCNC1COCC1C(=O)c1cc2cc(C)ccc2o1. The molecule has 1 saturated heterocycles. The van der Waals surface area contributed by atoms with Crippen LogP contribution in [-0.4, -0.2) is 31.6 Å². The monoisotopic (exact) mass is 273 g/mol. The molecule has 1 aliphatic rings. The van der Waals surface area contributed by atoms with Crippen LogP contribution in [0.1, 0.15) is 23.0 Å². The molecule has 1 aromatic heterocycles. The zero-order valence-corrected chi connectivity index (χ0v) is 11.8. The molecule has 0 bridgehead atoms. The number of nitrogens with one attached hydrogen (secondary N) is 1. The Morgan fingerprint density at radius 1 is 1.35 bits per heavy atom. The number of carbonyl (C=O) groups is 1. The molecule has 1 aliphatic heterocycles. The van der Waals surface area contributed by atoms with E-state index in [0.717, 1.165) is 23.1 Å². The molecule has 0 saturated carbocycles. The lowest BCUT2D eigenvalue weighted by Crippen LogP contribution is -2.39. The number of rotatable bonds is 4. The maximum atomic E-state index is 12.6. The van der Waals surface area contributed by atoms with Crippen molar-refractivity contribution in [2.45, 2.75) is 19.9 Å². The maximum Gasteiger partial charge on any atom is 0.205 e. The van der Waals surface area contributed by atoms with Crippen molar-refractivity contribution in [3.63, 3.8) is 0 Å². The van der Waals surface area contributed by atoms with Gasteiger partial charge < -0.3 is 14.5 Å². The number of hydrogen-bond donors (Lipinski definition) is 1. The van der Waals surface area contributed by atoms with Crippen LogP contribution in [0, 0.1) is 12.8 Å². The van der Waals surface area contributed by atoms with E-state index in [2.05, 4.69) is 5.32 Å². The van der Waals surface area contributed by atoms with Crippen molar-refractivity contribution in [3.8, 4) is 0 Å². The molecular weight excluding hydrogens is 254 g/mol. The number of furan rings is 1. The summed E-state index contributed by atoms with van der Waals surface area (Å²) in [7, 11) is 0. The first-order valence-corrected chi connectivity index (χ1v) is 7.04. The van der Waals surface area contributed by atoms with Crippen LogP contribution in [0.4, 0.5) is 0 Å². The van der Waals surface area contributed by atoms with Gasteiger partial charge in [-0.2, -0.15) is 0 Å². The van der Waals surface area contributed by atoms with E-state index in [1.54, 1.807) is 0 Å². The fraction of sp³-hybridized carbons (Fsp3) is 0.438. The molecule has 1 N–H and O–H groups in total. The van der Waals surface area contributed by atoms with Crippen molar-refractivity contribution in [1.29, 1.82) is 0 Å². The topological polar surface area (TPSA) is 51.5 Å². The number of aryl methyl sites for hydroxylation is 1. The smallest absolute Gasteiger partial charge is 0.205 e. The fourth-order valence-electron chi connectivity index (χ4n) is 2.74. The molecule has 0 spiro atoms. The number of ether oxygens (including phenoxy) is 1. The predicted octanol–water partition coefficient (Wildman–Crippen LogP) is 2.55. The van der Waals surface area contributed by atoms with Crippen molar-refractivity contribution < 1.29 is 13.9 Å². The third-order valence-electron chi connectivity index (χ3n) is 3.80. The van der Waals surface area contributed by atoms with Gasteiger partial charge in [0.15, 0.2) is 5.76 Å². The van der Waals surface area contributed by atoms with E-state index in [4.69, 9.17) is 9.15 Å². The molecule has 2 aromatic rings. The van der Waals surface area contributed by atoms with Gasteiger partial charge >= 0.3 is 0 Å². The summed E-state index contributed by atoms with van der Waals surface area (Å²) >= 11 is 0. The molecule has 0 aliphatic carbocycles. The number of Topliss-reactive ketones (excluding diaryl/α,β-unsaturated/α-hetero) is 1. The van der Waals surface area contributed by atoms with Gasteiger partial charge in [0, 0.05) is 11.4 Å². The molecule has 3 rings (SSSR count). The Kier molecular flexibility index (Phi) is 3.59. The van der Waals surface area contributed by atoms with Crippen LogP contribution in [-0.2, 0) is 4.74 Å². The van der Waals surface area contributed by atoms with Crippen LogP contribution in [0.3, 0.4) is 0 Å². The van der Waals surface area contributed by atoms with Gasteiger partial charge in [0.1, 0.15) is 5.58 Å². The van der Waals surface area contributed by atoms with Crippen molar-refractivity contribution in [2.75, 3.05) is 19.8 Å². The molecule has 20 heavy (non-hydrogen) atoms. The van der Waals surface area contributed by atoms with E-state index in [1.165, 1.54) is 0 Å². The molecule has 4 heteroatoms. The molecule has 106 valence electrons. The normalized spacial score (nSPS) is 22.5. The molecular formula is C16H19NO3. The van der Waals surface area contributed by atoms with E-state index >= 15 is 0 Å². The lowest BCUT2D eigenvalue weighted by atomic mass is 9.96. The van der Waals surface area contributed by atoms with E-state index in [1.807, 2.05) is 38.1 Å². The van der Waals surface area contributed by atoms with Gasteiger partial charge in [-0.05, 0) is 31.7 Å². The lowest BCUT2D eigenvalue weighted by molar-refractivity contribution is 0.0865. The molecule has 4 nitrogen and oxygen atoms in total. The summed E-state index contributed by atoms with van der Waals surface area (Å²) in [6.45, 7) is 5.94. The quantitative estimate of drug-likeness (QED) is 0.870. The summed E-state index contributed by atoms with van der Waals surface area (Å²) in [4.78, 5) is 12.6. The van der Waals surface area contributed by atoms with E-state index < -0.39 is 0 Å². The average Bonchev–Trinajstić information content (AvgIpc) is 3.04. The predicted molar refractivity (Wildman–Crippen MR) is 77.1 cm³/mol. The zero-order valence-electron chi connectivity index (χ0n) is 11.8. The molecule has 2 atom stereocenters. The summed E-state index contributed by atoms with van der Waals surface area (Å²) in [6.07, 6.45) is 0. The maximum absolute atomic E-state index is 12.6. The molecule has 1 aromatic carbocycles. The summed E-state index contributed by atoms with van der Waals surface area (Å²) in [5.74, 6) is 0.308. The summed E-state index contributed by atoms with van der Waals surface area (Å²) in [6, 6.07) is 7.85. The highest BCUT2D eigenvalue weighted by molar-refractivity contribution is 5.99. The Hall–Kier alpha value is -1.65. The highest BCUT2D eigenvalue weighted by atomic mass is 16.5. The Labute approximate surface area is 118 Å². The second-order valence-electron chi connectivity index (χ2n) is 5.32.